The predicted molar refractivity (Wildman–Crippen MR) is 224 cm³/mol. The molecular weight excluding hydrogens is 742 g/mol. The van der Waals surface area contributed by atoms with E-state index in [1.54, 1.807) is 0 Å². The lowest BCUT2D eigenvalue weighted by Gasteiger charge is -2.27. The topological polar surface area (TPSA) is 89.5 Å². The molecule has 6 aromatic rings. The Balaban J connectivity index is 1.53. The van der Waals surface area contributed by atoms with E-state index in [1.165, 1.54) is 0 Å². The molecule has 0 N–H and O–H groups in total. The molecule has 2 heterocycles. The maximum absolute atomic E-state index is 16.5. The van der Waals surface area contributed by atoms with Crippen LogP contribution in [0.2, 0.25) is 0 Å². The zero-order valence-electron chi connectivity index (χ0n) is 32.4. The van der Waals surface area contributed by atoms with E-state index in [0.717, 1.165) is 22.3 Å². The van der Waals surface area contributed by atoms with Gasteiger partial charge in [0.25, 0.3) is 0 Å². The predicted octanol–water partition coefficient (Wildman–Crippen LogP) is 8.12. The highest BCUT2D eigenvalue weighted by atomic mass is 31.2. The monoisotopic (exact) mass is 786 g/mol. The third-order valence-corrected chi connectivity index (χ3v) is 16.4. The third kappa shape index (κ3) is 6.26. The Kier molecular flexibility index (Phi) is 9.99. The Hall–Kier alpha value is -5.42. The fourth-order valence-electron chi connectivity index (χ4n) is 7.40. The summed E-state index contributed by atoms with van der Waals surface area (Å²) in [6.07, 6.45) is 0. The van der Waals surface area contributed by atoms with Crippen molar-refractivity contribution in [2.75, 3.05) is 26.8 Å². The molecule has 56 heavy (non-hydrogen) atoms. The Labute approximate surface area is 328 Å². The Morgan fingerprint density at radius 3 is 1.32 bits per heavy atom. The molecule has 0 saturated carbocycles. The molecule has 0 amide bonds. The smallest absolute Gasteiger partial charge is 0.231 e. The molecule has 0 aromatic heterocycles. The molecule has 0 saturated heterocycles. The number of hydrogen-bond donors (Lipinski definition) is 0. The zero-order valence-corrected chi connectivity index (χ0v) is 34.2. The van der Waals surface area contributed by atoms with Gasteiger partial charge in [0.1, 0.15) is 0 Å². The van der Waals surface area contributed by atoms with E-state index in [0.29, 0.717) is 84.1 Å². The summed E-state index contributed by atoms with van der Waals surface area (Å²) in [6, 6.07) is 34.7. The van der Waals surface area contributed by atoms with Gasteiger partial charge in [-0.1, -0.05) is 119 Å². The van der Waals surface area contributed by atoms with Gasteiger partial charge in [0.15, 0.2) is 37.3 Å². The van der Waals surface area contributed by atoms with Crippen LogP contribution in [0.25, 0.3) is 11.1 Å². The average Bonchev–Trinajstić information content (AvgIpc) is 3.90. The first kappa shape index (κ1) is 37.5. The molecule has 8 rings (SSSR count). The fourth-order valence-corrected chi connectivity index (χ4v) is 13.0. The van der Waals surface area contributed by atoms with Crippen LogP contribution in [0, 0.1) is 27.7 Å². The number of benzene rings is 6. The van der Waals surface area contributed by atoms with Crippen molar-refractivity contribution in [2.45, 2.75) is 41.5 Å². The molecule has 0 aliphatic carbocycles. The van der Waals surface area contributed by atoms with Crippen molar-refractivity contribution < 1.29 is 37.6 Å². The second-order valence-corrected chi connectivity index (χ2v) is 19.6. The van der Waals surface area contributed by atoms with Gasteiger partial charge in [-0.25, -0.2) is 0 Å². The van der Waals surface area contributed by atoms with E-state index >= 15 is 9.13 Å². The van der Waals surface area contributed by atoms with E-state index in [-0.39, 0.29) is 20.2 Å². The number of ether oxygens (including phenoxy) is 6. The van der Waals surface area contributed by atoms with E-state index in [2.05, 4.69) is 0 Å². The fraction of sp³-hybridized carbons (Fsp3) is 0.217. The Bertz CT molecular complexity index is 2430. The molecule has 0 spiro atoms. The highest BCUT2D eigenvalue weighted by Gasteiger charge is 2.43. The minimum Gasteiger partial charge on any atom is -0.490 e. The average molecular weight is 787 g/mol. The van der Waals surface area contributed by atoms with Crippen molar-refractivity contribution in [1.82, 2.24) is 0 Å². The largest absolute Gasteiger partial charge is 0.490 e. The molecular formula is C46H44O8P2. The summed E-state index contributed by atoms with van der Waals surface area (Å²) < 4.78 is 70.6. The van der Waals surface area contributed by atoms with Gasteiger partial charge >= 0.3 is 0 Å². The van der Waals surface area contributed by atoms with Gasteiger partial charge in [0, 0.05) is 37.6 Å². The van der Waals surface area contributed by atoms with E-state index in [9.17, 15) is 0 Å². The van der Waals surface area contributed by atoms with Gasteiger partial charge in [-0.3, -0.25) is 0 Å². The molecule has 0 unspecified atom stereocenters. The van der Waals surface area contributed by atoms with Crippen LogP contribution < -0.4 is 60.2 Å². The molecule has 0 radical (unpaired) electrons. The molecule has 0 atom stereocenters. The van der Waals surface area contributed by atoms with Crippen LogP contribution in [0.15, 0.2) is 109 Å². The lowest BCUT2D eigenvalue weighted by molar-refractivity contribution is 0.169. The number of fused-ring (bicyclic) bond motifs is 2. The lowest BCUT2D eigenvalue weighted by atomic mass is 10.0. The molecule has 10 heteroatoms. The van der Waals surface area contributed by atoms with Crippen LogP contribution in [0.4, 0.5) is 0 Å². The molecule has 2 aliphatic heterocycles. The standard InChI is InChI=1S/C46H44O8P2/c1-7-49-38-26-39(55(47,33-17-9-29(3)10-18-33)34-19-11-30(4)12-20-34)41(45-43(38)52-28-53-45)37-25-40(44(50-8-2)46-42(37)51-27-54-46)56(48,35-21-13-31(5)14-22-35)36-23-15-32(6)16-24-36/h9-26H,7-8,27-28H2,1-6H3. The maximum atomic E-state index is 16.5. The summed E-state index contributed by atoms with van der Waals surface area (Å²) >= 11 is 0. The van der Waals surface area contributed by atoms with E-state index < -0.39 is 14.3 Å². The van der Waals surface area contributed by atoms with Crippen molar-refractivity contribution in [1.29, 1.82) is 0 Å². The van der Waals surface area contributed by atoms with Crippen LogP contribution in [-0.4, -0.2) is 26.8 Å². The van der Waals surface area contributed by atoms with Crippen molar-refractivity contribution in [3.05, 3.63) is 131 Å². The normalized spacial score (nSPS) is 13.2. The van der Waals surface area contributed by atoms with Gasteiger partial charge in [-0.05, 0) is 53.7 Å². The number of rotatable bonds is 11. The third-order valence-electron chi connectivity index (χ3n) is 10.3. The van der Waals surface area contributed by atoms with Crippen LogP contribution in [0.3, 0.4) is 0 Å². The molecule has 2 aliphatic rings. The minimum absolute atomic E-state index is 0.0834. The quantitative estimate of drug-likeness (QED) is 0.122. The van der Waals surface area contributed by atoms with Crippen molar-refractivity contribution in [2.24, 2.45) is 0 Å². The summed E-state index contributed by atoms with van der Waals surface area (Å²) in [5.41, 5.74) is 5.09. The summed E-state index contributed by atoms with van der Waals surface area (Å²) in [4.78, 5) is 0. The first-order chi connectivity index (χ1) is 27.1. The second kappa shape index (κ2) is 14.9. The first-order valence-corrected chi connectivity index (χ1v) is 22.2. The molecule has 0 fully saturated rings. The van der Waals surface area contributed by atoms with E-state index in [4.69, 9.17) is 28.4 Å². The van der Waals surface area contributed by atoms with E-state index in [1.807, 2.05) is 151 Å². The first-order valence-electron chi connectivity index (χ1n) is 18.8. The Morgan fingerprint density at radius 1 is 0.482 bits per heavy atom. The highest BCUT2D eigenvalue weighted by Crippen LogP contribution is 2.59. The zero-order chi connectivity index (χ0) is 39.2. The molecule has 286 valence electrons. The second-order valence-electron chi connectivity index (χ2n) is 14.1. The molecule has 8 nitrogen and oxygen atoms in total. The minimum atomic E-state index is -3.75. The van der Waals surface area contributed by atoms with Gasteiger partial charge in [0.2, 0.25) is 25.1 Å². The number of aryl methyl sites for hydroxylation is 4. The van der Waals surface area contributed by atoms with Crippen LogP contribution in [-0.2, 0) is 9.13 Å². The van der Waals surface area contributed by atoms with Crippen LogP contribution >= 0.6 is 14.3 Å². The van der Waals surface area contributed by atoms with Gasteiger partial charge in [0.05, 0.1) is 18.5 Å². The maximum Gasteiger partial charge on any atom is 0.231 e. The summed E-state index contributed by atoms with van der Waals surface area (Å²) in [5.74, 6) is 2.14. The van der Waals surface area contributed by atoms with Crippen LogP contribution in [0.5, 0.6) is 34.5 Å². The number of hydrogen-bond acceptors (Lipinski definition) is 8. The highest BCUT2D eigenvalue weighted by molar-refractivity contribution is 7.86. The van der Waals surface area contributed by atoms with Gasteiger partial charge in [-0.2, -0.15) is 0 Å². The van der Waals surface area contributed by atoms with Gasteiger partial charge < -0.3 is 37.6 Å². The molecule has 6 aromatic carbocycles. The Morgan fingerprint density at radius 2 is 0.875 bits per heavy atom. The lowest BCUT2D eigenvalue weighted by Crippen LogP contribution is -2.28. The van der Waals surface area contributed by atoms with Crippen molar-refractivity contribution in [3.63, 3.8) is 0 Å². The summed E-state index contributed by atoms with van der Waals surface area (Å²) in [7, 11) is -7.46. The van der Waals surface area contributed by atoms with Crippen molar-refractivity contribution >= 4 is 46.1 Å². The van der Waals surface area contributed by atoms with Crippen molar-refractivity contribution in [3.8, 4) is 45.6 Å². The van der Waals surface area contributed by atoms with Gasteiger partial charge in [-0.15, -0.1) is 0 Å². The van der Waals surface area contributed by atoms with Crippen LogP contribution in [0.1, 0.15) is 36.1 Å². The SMILES string of the molecule is CCOc1cc(P(=O)(c2ccc(C)cc2)c2ccc(C)cc2)c(-c2cc(P(=O)(c3ccc(C)cc3)c3ccc(C)cc3)c(OCC)c3c2OCO3)c2c1OCO2. The molecule has 0 bridgehead atoms. The summed E-state index contributed by atoms with van der Waals surface area (Å²) in [5, 5.41) is 3.36. The summed E-state index contributed by atoms with van der Waals surface area (Å²) in [6.45, 7) is 12.2.